The Balaban J connectivity index is 2.16. The van der Waals surface area contributed by atoms with Crippen LogP contribution in [0.15, 0.2) is 0 Å². The zero-order valence-electron chi connectivity index (χ0n) is 11.9. The molecule has 0 aromatic rings. The molecule has 2 aliphatic rings. The van der Waals surface area contributed by atoms with Crippen molar-refractivity contribution in [2.75, 3.05) is 13.1 Å². The molecule has 1 unspecified atom stereocenters. The molecule has 0 spiro atoms. The maximum absolute atomic E-state index is 12.2. The molecule has 4 heteroatoms. The molecule has 1 saturated heterocycles. The Morgan fingerprint density at radius 2 is 1.94 bits per heavy atom. The maximum Gasteiger partial charge on any atom is 0.246 e. The van der Waals surface area contributed by atoms with Crippen LogP contribution in [-0.2, 0) is 9.59 Å². The lowest BCUT2D eigenvalue weighted by molar-refractivity contribution is -0.154. The molecule has 2 fully saturated rings. The van der Waals surface area contributed by atoms with E-state index in [-0.39, 0.29) is 23.8 Å². The summed E-state index contributed by atoms with van der Waals surface area (Å²) in [5.41, 5.74) is -0.431. The molecule has 0 aromatic heterocycles. The van der Waals surface area contributed by atoms with E-state index in [1.54, 1.807) is 0 Å². The standard InChI is InChI=1S/C14H24N2O2/c1-13(2,3)7-8-16-11(17)9-15-12(18)14(16,4)10-5-6-10/h10H,5-9H2,1-4H3,(H,15,18). The summed E-state index contributed by atoms with van der Waals surface area (Å²) in [6, 6.07) is 0. The van der Waals surface area contributed by atoms with Crippen LogP contribution in [0.5, 0.6) is 0 Å². The van der Waals surface area contributed by atoms with E-state index >= 15 is 0 Å². The van der Waals surface area contributed by atoms with Gasteiger partial charge in [0.05, 0.1) is 6.54 Å². The molecule has 18 heavy (non-hydrogen) atoms. The van der Waals surface area contributed by atoms with Crippen molar-refractivity contribution in [3.63, 3.8) is 0 Å². The van der Waals surface area contributed by atoms with Crippen molar-refractivity contribution in [3.8, 4) is 0 Å². The van der Waals surface area contributed by atoms with Crippen LogP contribution in [0.25, 0.3) is 0 Å². The van der Waals surface area contributed by atoms with Crippen molar-refractivity contribution in [1.82, 2.24) is 10.2 Å². The Morgan fingerprint density at radius 3 is 2.44 bits per heavy atom. The fraction of sp³-hybridized carbons (Fsp3) is 0.857. The Hall–Kier alpha value is -1.06. The van der Waals surface area contributed by atoms with Crippen LogP contribution in [0.2, 0.25) is 0 Å². The summed E-state index contributed by atoms with van der Waals surface area (Å²) < 4.78 is 0. The second kappa shape index (κ2) is 4.25. The summed E-state index contributed by atoms with van der Waals surface area (Å²) in [7, 11) is 0. The molecule has 1 N–H and O–H groups in total. The fourth-order valence-electron chi connectivity index (χ4n) is 2.67. The van der Waals surface area contributed by atoms with E-state index in [1.165, 1.54) is 0 Å². The quantitative estimate of drug-likeness (QED) is 0.828. The highest BCUT2D eigenvalue weighted by molar-refractivity contribution is 5.98. The van der Waals surface area contributed by atoms with Crippen molar-refractivity contribution in [1.29, 1.82) is 0 Å². The van der Waals surface area contributed by atoms with E-state index in [2.05, 4.69) is 26.1 Å². The smallest absolute Gasteiger partial charge is 0.246 e. The lowest BCUT2D eigenvalue weighted by atomic mass is 9.87. The third-order valence-corrected chi connectivity index (χ3v) is 4.18. The number of nitrogens with zero attached hydrogens (tertiary/aromatic N) is 1. The van der Waals surface area contributed by atoms with Gasteiger partial charge < -0.3 is 10.2 Å². The number of hydrogen-bond acceptors (Lipinski definition) is 2. The lowest BCUT2D eigenvalue weighted by Crippen LogP contribution is -2.67. The summed E-state index contributed by atoms with van der Waals surface area (Å²) in [6.07, 6.45) is 3.04. The number of piperazine rings is 1. The Labute approximate surface area is 109 Å². The van der Waals surface area contributed by atoms with E-state index in [1.807, 2.05) is 11.8 Å². The highest BCUT2D eigenvalue weighted by Crippen LogP contribution is 2.44. The molecule has 1 aliphatic heterocycles. The van der Waals surface area contributed by atoms with Crippen LogP contribution < -0.4 is 5.32 Å². The van der Waals surface area contributed by atoms with Crippen molar-refractivity contribution < 1.29 is 9.59 Å². The van der Waals surface area contributed by atoms with Crippen LogP contribution in [0.1, 0.15) is 47.0 Å². The van der Waals surface area contributed by atoms with E-state index in [0.29, 0.717) is 12.5 Å². The fourth-order valence-corrected chi connectivity index (χ4v) is 2.67. The van der Waals surface area contributed by atoms with Crippen LogP contribution >= 0.6 is 0 Å². The Kier molecular flexibility index (Phi) is 3.16. The molecule has 1 atom stereocenters. The van der Waals surface area contributed by atoms with Crippen LogP contribution in [0, 0.1) is 11.3 Å². The minimum Gasteiger partial charge on any atom is -0.345 e. The molecule has 2 rings (SSSR count). The minimum absolute atomic E-state index is 0.0264. The Morgan fingerprint density at radius 1 is 1.33 bits per heavy atom. The summed E-state index contributed by atoms with van der Waals surface area (Å²) in [4.78, 5) is 26.1. The number of carbonyl (C=O) groups is 2. The summed E-state index contributed by atoms with van der Waals surface area (Å²) >= 11 is 0. The first-order chi connectivity index (χ1) is 8.25. The third kappa shape index (κ3) is 2.38. The van der Waals surface area contributed by atoms with Gasteiger partial charge >= 0.3 is 0 Å². The van der Waals surface area contributed by atoms with E-state index in [9.17, 15) is 9.59 Å². The molecule has 0 radical (unpaired) electrons. The highest BCUT2D eigenvalue weighted by atomic mass is 16.2. The number of hydrogen-bond donors (Lipinski definition) is 1. The average molecular weight is 252 g/mol. The molecule has 2 amide bonds. The number of nitrogens with one attached hydrogen (secondary N) is 1. The highest BCUT2D eigenvalue weighted by Gasteiger charge is 2.54. The first-order valence-corrected chi connectivity index (χ1v) is 6.84. The first kappa shape index (κ1) is 13.4. The second-order valence-electron chi connectivity index (χ2n) is 6.96. The van der Waals surface area contributed by atoms with Crippen LogP contribution in [0.4, 0.5) is 0 Å². The molecular formula is C14H24N2O2. The molecule has 0 aromatic carbocycles. The third-order valence-electron chi connectivity index (χ3n) is 4.18. The lowest BCUT2D eigenvalue weighted by Gasteiger charge is -2.44. The molecule has 1 saturated carbocycles. The van der Waals surface area contributed by atoms with Gasteiger partial charge in [-0.3, -0.25) is 9.59 Å². The zero-order valence-corrected chi connectivity index (χ0v) is 11.9. The van der Waals surface area contributed by atoms with Crippen molar-refractivity contribution >= 4 is 11.8 Å². The predicted octanol–water partition coefficient (Wildman–Crippen LogP) is 1.55. The summed E-state index contributed by atoms with van der Waals surface area (Å²) in [5, 5.41) is 2.74. The Bertz CT molecular complexity index is 368. The number of carbonyl (C=O) groups excluding carboxylic acids is 2. The largest absolute Gasteiger partial charge is 0.345 e. The van der Waals surface area contributed by atoms with E-state index < -0.39 is 5.54 Å². The van der Waals surface area contributed by atoms with Gasteiger partial charge in [-0.1, -0.05) is 20.8 Å². The van der Waals surface area contributed by atoms with Gasteiger partial charge in [0.2, 0.25) is 11.8 Å². The number of rotatable bonds is 3. The van der Waals surface area contributed by atoms with Gasteiger partial charge in [-0.05, 0) is 37.5 Å². The summed E-state index contributed by atoms with van der Waals surface area (Å²) in [5.74, 6) is 0.438. The van der Waals surface area contributed by atoms with Crippen molar-refractivity contribution in [2.24, 2.45) is 11.3 Å². The molecular weight excluding hydrogens is 228 g/mol. The molecule has 4 nitrogen and oxygen atoms in total. The normalized spacial score (nSPS) is 29.4. The van der Waals surface area contributed by atoms with E-state index in [4.69, 9.17) is 0 Å². The minimum atomic E-state index is -0.611. The van der Waals surface area contributed by atoms with Crippen molar-refractivity contribution in [3.05, 3.63) is 0 Å². The molecule has 1 aliphatic carbocycles. The molecule has 1 heterocycles. The predicted molar refractivity (Wildman–Crippen MR) is 69.9 cm³/mol. The van der Waals surface area contributed by atoms with Gasteiger partial charge in [0, 0.05) is 6.54 Å². The zero-order chi connectivity index (χ0) is 13.6. The van der Waals surface area contributed by atoms with Gasteiger partial charge in [-0.25, -0.2) is 0 Å². The van der Waals surface area contributed by atoms with Gasteiger partial charge in [-0.2, -0.15) is 0 Å². The van der Waals surface area contributed by atoms with Gasteiger partial charge in [0.15, 0.2) is 0 Å². The van der Waals surface area contributed by atoms with Gasteiger partial charge in [-0.15, -0.1) is 0 Å². The van der Waals surface area contributed by atoms with Crippen LogP contribution in [0.3, 0.4) is 0 Å². The summed E-state index contributed by atoms with van der Waals surface area (Å²) in [6.45, 7) is 9.26. The van der Waals surface area contributed by atoms with Crippen molar-refractivity contribution in [2.45, 2.75) is 52.5 Å². The molecule has 102 valence electrons. The second-order valence-corrected chi connectivity index (χ2v) is 6.96. The number of amides is 2. The van der Waals surface area contributed by atoms with Gasteiger partial charge in [0.25, 0.3) is 0 Å². The SMILES string of the molecule is CC(C)(C)CCN1C(=O)CNC(=O)C1(C)C1CC1. The maximum atomic E-state index is 12.2. The molecule has 0 bridgehead atoms. The monoisotopic (exact) mass is 252 g/mol. The first-order valence-electron chi connectivity index (χ1n) is 6.84. The topological polar surface area (TPSA) is 49.4 Å². The van der Waals surface area contributed by atoms with E-state index in [0.717, 1.165) is 19.3 Å². The van der Waals surface area contributed by atoms with Crippen LogP contribution in [-0.4, -0.2) is 35.3 Å². The average Bonchev–Trinajstić information content (AvgIpc) is 3.06. The van der Waals surface area contributed by atoms with Gasteiger partial charge in [0.1, 0.15) is 5.54 Å².